The maximum Gasteiger partial charge on any atom is 0.0699 e. The number of nitrogens with one attached hydrogen (secondary N) is 1. The van der Waals surface area contributed by atoms with Crippen molar-refractivity contribution in [1.82, 2.24) is 10.3 Å². The zero-order valence-electron chi connectivity index (χ0n) is 11.0. The third-order valence-corrected chi connectivity index (χ3v) is 3.61. The van der Waals surface area contributed by atoms with E-state index >= 15 is 0 Å². The van der Waals surface area contributed by atoms with Gasteiger partial charge in [0.05, 0.1) is 11.4 Å². The van der Waals surface area contributed by atoms with Gasteiger partial charge in [-0.05, 0) is 30.5 Å². The number of aromatic nitrogens is 1. The Kier molecular flexibility index (Phi) is 4.71. The molecule has 0 aromatic carbocycles. The average Bonchev–Trinajstić information content (AvgIpc) is 2.45. The first-order valence-corrected chi connectivity index (χ1v) is 6.81. The molecule has 0 bridgehead atoms. The molecule has 1 aliphatic rings. The van der Waals surface area contributed by atoms with Crippen LogP contribution < -0.4 is 5.32 Å². The molecular formula is C16H22N2. The largest absolute Gasteiger partial charge is 0.308 e. The molecule has 1 aliphatic carbocycles. The molecule has 2 nitrogen and oxygen atoms in total. The summed E-state index contributed by atoms with van der Waals surface area (Å²) in [6, 6.07) is 4.81. The van der Waals surface area contributed by atoms with Crippen molar-refractivity contribution in [3.8, 4) is 0 Å². The standard InChI is InChI=1S/C16H22N2/c1-3-13-10-11-15(18-16(13)4-2)12-17-14-8-6-5-7-9-14/h3-4,10-11,14,17H,1-2,5-9,12H2. The van der Waals surface area contributed by atoms with Crippen LogP contribution in [0, 0.1) is 0 Å². The lowest BCUT2D eigenvalue weighted by atomic mass is 9.95. The molecule has 0 aliphatic heterocycles. The minimum absolute atomic E-state index is 0.673. The number of rotatable bonds is 5. The molecule has 1 saturated carbocycles. The van der Waals surface area contributed by atoms with Crippen LogP contribution in [-0.2, 0) is 6.54 Å². The van der Waals surface area contributed by atoms with Gasteiger partial charge in [0, 0.05) is 12.6 Å². The molecule has 0 saturated heterocycles. The monoisotopic (exact) mass is 242 g/mol. The second-order valence-corrected chi connectivity index (χ2v) is 4.90. The van der Waals surface area contributed by atoms with E-state index in [0.29, 0.717) is 6.04 Å². The summed E-state index contributed by atoms with van der Waals surface area (Å²) in [4.78, 5) is 4.59. The van der Waals surface area contributed by atoms with Gasteiger partial charge in [-0.15, -0.1) is 0 Å². The maximum absolute atomic E-state index is 4.59. The van der Waals surface area contributed by atoms with Crippen LogP contribution in [0.5, 0.6) is 0 Å². The number of nitrogens with zero attached hydrogens (tertiary/aromatic N) is 1. The summed E-state index contributed by atoms with van der Waals surface area (Å²) in [7, 11) is 0. The Balaban J connectivity index is 1.96. The van der Waals surface area contributed by atoms with Crippen molar-refractivity contribution >= 4 is 12.2 Å². The van der Waals surface area contributed by atoms with Crippen molar-refractivity contribution in [3.05, 3.63) is 42.2 Å². The Morgan fingerprint density at radius 3 is 2.61 bits per heavy atom. The average molecular weight is 242 g/mol. The zero-order chi connectivity index (χ0) is 12.8. The fraction of sp³-hybridized carbons (Fsp3) is 0.438. The SMILES string of the molecule is C=Cc1ccc(CNC2CCCCC2)nc1C=C. The van der Waals surface area contributed by atoms with Crippen molar-refractivity contribution in [2.45, 2.75) is 44.7 Å². The van der Waals surface area contributed by atoms with E-state index in [1.165, 1.54) is 32.1 Å². The molecule has 1 fully saturated rings. The Bertz CT molecular complexity index is 417. The number of hydrogen-bond acceptors (Lipinski definition) is 2. The normalized spacial score (nSPS) is 16.4. The molecule has 18 heavy (non-hydrogen) atoms. The molecule has 0 radical (unpaired) electrons. The highest BCUT2D eigenvalue weighted by Crippen LogP contribution is 2.18. The van der Waals surface area contributed by atoms with Gasteiger partial charge in [0.15, 0.2) is 0 Å². The predicted molar refractivity (Wildman–Crippen MR) is 78.1 cm³/mol. The summed E-state index contributed by atoms with van der Waals surface area (Å²) in [5.74, 6) is 0. The minimum atomic E-state index is 0.673. The van der Waals surface area contributed by atoms with Crippen LogP contribution in [0.3, 0.4) is 0 Å². The first kappa shape index (κ1) is 13.0. The molecule has 96 valence electrons. The lowest BCUT2D eigenvalue weighted by Gasteiger charge is -2.22. The van der Waals surface area contributed by atoms with Gasteiger partial charge in [0.25, 0.3) is 0 Å². The summed E-state index contributed by atoms with van der Waals surface area (Å²) in [5, 5.41) is 3.60. The fourth-order valence-electron chi connectivity index (χ4n) is 2.52. The van der Waals surface area contributed by atoms with E-state index in [2.05, 4.69) is 35.6 Å². The second-order valence-electron chi connectivity index (χ2n) is 4.90. The summed E-state index contributed by atoms with van der Waals surface area (Å²) in [6.45, 7) is 8.44. The molecule has 0 unspecified atom stereocenters. The van der Waals surface area contributed by atoms with E-state index in [9.17, 15) is 0 Å². The van der Waals surface area contributed by atoms with Crippen LogP contribution in [0.15, 0.2) is 25.3 Å². The van der Waals surface area contributed by atoms with Crippen molar-refractivity contribution < 1.29 is 0 Å². The fourth-order valence-corrected chi connectivity index (χ4v) is 2.52. The molecule has 0 spiro atoms. The van der Waals surface area contributed by atoms with Gasteiger partial charge in [-0.3, -0.25) is 4.98 Å². The highest BCUT2D eigenvalue weighted by Gasteiger charge is 2.12. The zero-order valence-corrected chi connectivity index (χ0v) is 11.0. The van der Waals surface area contributed by atoms with E-state index in [-0.39, 0.29) is 0 Å². The van der Waals surface area contributed by atoms with E-state index in [4.69, 9.17) is 0 Å². The molecule has 1 heterocycles. The van der Waals surface area contributed by atoms with Crippen molar-refractivity contribution in [1.29, 1.82) is 0 Å². The highest BCUT2D eigenvalue weighted by molar-refractivity contribution is 5.60. The molecule has 1 aromatic heterocycles. The predicted octanol–water partition coefficient (Wildman–Crippen LogP) is 3.79. The third kappa shape index (κ3) is 3.30. The van der Waals surface area contributed by atoms with Crippen molar-refractivity contribution in [2.75, 3.05) is 0 Å². The lowest BCUT2D eigenvalue weighted by Crippen LogP contribution is -2.30. The molecule has 0 amide bonds. The molecule has 0 atom stereocenters. The van der Waals surface area contributed by atoms with Gasteiger partial charge in [0.2, 0.25) is 0 Å². The van der Waals surface area contributed by atoms with E-state index in [1.807, 2.05) is 6.08 Å². The summed E-state index contributed by atoms with van der Waals surface area (Å²) in [5.41, 5.74) is 3.06. The summed E-state index contributed by atoms with van der Waals surface area (Å²) < 4.78 is 0. The van der Waals surface area contributed by atoms with E-state index < -0.39 is 0 Å². The number of pyridine rings is 1. The highest BCUT2D eigenvalue weighted by atomic mass is 14.9. The number of hydrogen-bond donors (Lipinski definition) is 1. The van der Waals surface area contributed by atoms with Gasteiger partial charge in [0.1, 0.15) is 0 Å². The lowest BCUT2D eigenvalue weighted by molar-refractivity contribution is 0.371. The van der Waals surface area contributed by atoms with Crippen LogP contribution >= 0.6 is 0 Å². The first-order chi connectivity index (χ1) is 8.83. The molecule has 1 N–H and O–H groups in total. The van der Waals surface area contributed by atoms with Gasteiger partial charge < -0.3 is 5.32 Å². The van der Waals surface area contributed by atoms with Gasteiger partial charge in [-0.1, -0.05) is 44.6 Å². The van der Waals surface area contributed by atoms with Gasteiger partial charge in [-0.2, -0.15) is 0 Å². The van der Waals surface area contributed by atoms with E-state index in [1.54, 1.807) is 6.08 Å². The van der Waals surface area contributed by atoms with Crippen LogP contribution in [0.25, 0.3) is 12.2 Å². The Labute approximate surface area is 110 Å². The molecule has 2 rings (SSSR count). The Hall–Kier alpha value is -1.41. The second kappa shape index (κ2) is 6.50. The molecule has 2 heteroatoms. The van der Waals surface area contributed by atoms with Crippen LogP contribution in [0.4, 0.5) is 0 Å². The van der Waals surface area contributed by atoms with Gasteiger partial charge in [-0.25, -0.2) is 0 Å². The van der Waals surface area contributed by atoms with Crippen LogP contribution in [-0.4, -0.2) is 11.0 Å². The minimum Gasteiger partial charge on any atom is -0.308 e. The summed E-state index contributed by atoms with van der Waals surface area (Å²) in [6.07, 6.45) is 10.3. The van der Waals surface area contributed by atoms with Crippen molar-refractivity contribution in [2.24, 2.45) is 0 Å². The molecular weight excluding hydrogens is 220 g/mol. The smallest absolute Gasteiger partial charge is 0.0699 e. The first-order valence-electron chi connectivity index (χ1n) is 6.81. The summed E-state index contributed by atoms with van der Waals surface area (Å²) >= 11 is 0. The van der Waals surface area contributed by atoms with E-state index in [0.717, 1.165) is 23.5 Å². The van der Waals surface area contributed by atoms with Gasteiger partial charge >= 0.3 is 0 Å². The Morgan fingerprint density at radius 2 is 1.94 bits per heavy atom. The Morgan fingerprint density at radius 1 is 1.17 bits per heavy atom. The quantitative estimate of drug-likeness (QED) is 0.849. The molecule has 1 aromatic rings. The maximum atomic E-state index is 4.59. The topological polar surface area (TPSA) is 24.9 Å². The third-order valence-electron chi connectivity index (χ3n) is 3.61. The van der Waals surface area contributed by atoms with Crippen LogP contribution in [0.2, 0.25) is 0 Å². The van der Waals surface area contributed by atoms with Crippen LogP contribution in [0.1, 0.15) is 49.1 Å². The van der Waals surface area contributed by atoms with Crippen molar-refractivity contribution in [3.63, 3.8) is 0 Å².